The molecule has 1 aromatic carbocycles. The van der Waals surface area contributed by atoms with Gasteiger partial charge in [0, 0.05) is 29.1 Å². The van der Waals surface area contributed by atoms with Crippen LogP contribution in [0.4, 0.5) is 0 Å². The van der Waals surface area contributed by atoms with Crippen molar-refractivity contribution >= 4 is 28.5 Å². The Labute approximate surface area is 129 Å². The first-order valence-corrected chi connectivity index (χ1v) is 7.43. The van der Waals surface area contributed by atoms with E-state index >= 15 is 0 Å². The molecule has 0 bridgehead atoms. The second kappa shape index (κ2) is 7.38. The number of ether oxygens (including phenoxy) is 1. The minimum absolute atomic E-state index is 0.110. The monoisotopic (exact) mass is 306 g/mol. The molecule has 0 aliphatic carbocycles. The van der Waals surface area contributed by atoms with Gasteiger partial charge in [-0.05, 0) is 43.5 Å². The summed E-state index contributed by atoms with van der Waals surface area (Å²) < 4.78 is 4.90. The summed E-state index contributed by atoms with van der Waals surface area (Å²) in [6, 6.07) is 7.50. The SMILES string of the molecule is CCOC(=O)CCC(N)Cc1ccc(Cl)c2cccnc12. The molecular weight excluding hydrogens is 288 g/mol. The van der Waals surface area contributed by atoms with Crippen molar-refractivity contribution in [3.8, 4) is 0 Å². The van der Waals surface area contributed by atoms with Gasteiger partial charge in [-0.2, -0.15) is 0 Å². The van der Waals surface area contributed by atoms with Crippen molar-refractivity contribution < 1.29 is 9.53 Å². The van der Waals surface area contributed by atoms with Gasteiger partial charge in [-0.15, -0.1) is 0 Å². The molecule has 0 aliphatic rings. The van der Waals surface area contributed by atoms with Crippen LogP contribution in [0.25, 0.3) is 10.9 Å². The molecule has 0 saturated heterocycles. The molecule has 0 amide bonds. The van der Waals surface area contributed by atoms with Gasteiger partial charge < -0.3 is 10.5 Å². The van der Waals surface area contributed by atoms with Crippen LogP contribution < -0.4 is 5.73 Å². The summed E-state index contributed by atoms with van der Waals surface area (Å²) in [4.78, 5) is 15.7. The maximum absolute atomic E-state index is 11.3. The van der Waals surface area contributed by atoms with Crippen LogP contribution in [0, 0.1) is 0 Å². The highest BCUT2D eigenvalue weighted by molar-refractivity contribution is 6.35. The predicted octanol–water partition coefficient (Wildman–Crippen LogP) is 3.10. The van der Waals surface area contributed by atoms with E-state index in [1.165, 1.54) is 0 Å². The molecule has 0 fully saturated rings. The van der Waals surface area contributed by atoms with Crippen molar-refractivity contribution in [2.24, 2.45) is 5.73 Å². The molecule has 0 saturated carbocycles. The van der Waals surface area contributed by atoms with Crippen LogP contribution in [0.15, 0.2) is 30.5 Å². The molecule has 4 nitrogen and oxygen atoms in total. The Morgan fingerprint density at radius 1 is 1.43 bits per heavy atom. The summed E-state index contributed by atoms with van der Waals surface area (Å²) in [6.45, 7) is 2.20. The van der Waals surface area contributed by atoms with E-state index in [2.05, 4.69) is 4.98 Å². The standard InChI is InChI=1S/C16H19ClN2O2/c1-2-21-15(20)8-6-12(18)10-11-5-7-14(17)13-4-3-9-19-16(11)13/h3-5,7,9,12H,2,6,8,10,18H2,1H3. The minimum Gasteiger partial charge on any atom is -0.466 e. The maximum atomic E-state index is 11.3. The van der Waals surface area contributed by atoms with Crippen molar-refractivity contribution in [1.82, 2.24) is 4.98 Å². The summed E-state index contributed by atoms with van der Waals surface area (Å²) in [7, 11) is 0. The number of rotatable bonds is 6. The number of nitrogens with two attached hydrogens (primary N) is 1. The number of carbonyl (C=O) groups excluding carboxylic acids is 1. The summed E-state index contributed by atoms with van der Waals surface area (Å²) in [5.41, 5.74) is 8.03. The van der Waals surface area contributed by atoms with Crippen LogP contribution in [-0.2, 0) is 16.0 Å². The zero-order chi connectivity index (χ0) is 15.2. The molecule has 2 N–H and O–H groups in total. The fraction of sp³-hybridized carbons (Fsp3) is 0.375. The van der Waals surface area contributed by atoms with Crippen LogP contribution in [0.1, 0.15) is 25.3 Å². The summed E-state index contributed by atoms with van der Waals surface area (Å²) >= 11 is 6.17. The molecule has 1 atom stereocenters. The van der Waals surface area contributed by atoms with Gasteiger partial charge in [0.25, 0.3) is 0 Å². The van der Waals surface area contributed by atoms with Crippen LogP contribution in [0.5, 0.6) is 0 Å². The second-order valence-electron chi connectivity index (χ2n) is 4.91. The predicted molar refractivity (Wildman–Crippen MR) is 84.3 cm³/mol. The molecular formula is C16H19ClN2O2. The number of pyridine rings is 1. The second-order valence-corrected chi connectivity index (χ2v) is 5.32. The topological polar surface area (TPSA) is 65.2 Å². The zero-order valence-corrected chi connectivity index (χ0v) is 12.8. The van der Waals surface area contributed by atoms with Crippen molar-refractivity contribution in [3.63, 3.8) is 0 Å². The molecule has 5 heteroatoms. The minimum atomic E-state index is -0.202. The van der Waals surface area contributed by atoms with Gasteiger partial charge in [0.05, 0.1) is 12.1 Å². The summed E-state index contributed by atoms with van der Waals surface area (Å²) in [5, 5.41) is 1.61. The number of halogens is 1. The van der Waals surface area contributed by atoms with Gasteiger partial charge in [0.2, 0.25) is 0 Å². The van der Waals surface area contributed by atoms with Gasteiger partial charge in [-0.25, -0.2) is 0 Å². The van der Waals surface area contributed by atoms with Crippen LogP contribution >= 0.6 is 11.6 Å². The van der Waals surface area contributed by atoms with E-state index in [4.69, 9.17) is 22.1 Å². The van der Waals surface area contributed by atoms with Gasteiger partial charge in [-0.3, -0.25) is 9.78 Å². The Morgan fingerprint density at radius 3 is 3.00 bits per heavy atom. The molecule has 0 spiro atoms. The third kappa shape index (κ3) is 4.16. The quantitative estimate of drug-likeness (QED) is 0.833. The normalized spacial score (nSPS) is 12.3. The Balaban J connectivity index is 2.06. The first-order valence-electron chi connectivity index (χ1n) is 7.05. The third-order valence-corrected chi connectivity index (χ3v) is 3.64. The molecule has 0 radical (unpaired) electrons. The lowest BCUT2D eigenvalue weighted by molar-refractivity contribution is -0.143. The van der Waals surface area contributed by atoms with E-state index in [1.54, 1.807) is 13.1 Å². The number of hydrogen-bond acceptors (Lipinski definition) is 4. The number of hydrogen-bond donors (Lipinski definition) is 1. The first kappa shape index (κ1) is 15.7. The molecule has 0 aliphatic heterocycles. The van der Waals surface area contributed by atoms with Crippen LogP contribution in [0.2, 0.25) is 5.02 Å². The Bertz CT molecular complexity index is 631. The highest BCUT2D eigenvalue weighted by Crippen LogP contribution is 2.25. The highest BCUT2D eigenvalue weighted by atomic mass is 35.5. The number of esters is 1. The van der Waals surface area contributed by atoms with E-state index in [-0.39, 0.29) is 12.0 Å². The van der Waals surface area contributed by atoms with Gasteiger partial charge >= 0.3 is 5.97 Å². The average molecular weight is 307 g/mol. The molecule has 112 valence electrons. The fourth-order valence-electron chi connectivity index (χ4n) is 2.28. The van der Waals surface area contributed by atoms with Crippen LogP contribution in [0.3, 0.4) is 0 Å². The van der Waals surface area contributed by atoms with Gasteiger partial charge in [0.1, 0.15) is 0 Å². The summed E-state index contributed by atoms with van der Waals surface area (Å²) in [6.07, 6.45) is 3.33. The summed E-state index contributed by atoms with van der Waals surface area (Å²) in [5.74, 6) is -0.202. The zero-order valence-electron chi connectivity index (χ0n) is 12.0. The van der Waals surface area contributed by atoms with Crippen molar-refractivity contribution in [2.75, 3.05) is 6.61 Å². The number of carbonyl (C=O) groups is 1. The molecule has 21 heavy (non-hydrogen) atoms. The van der Waals surface area contributed by atoms with E-state index < -0.39 is 0 Å². The van der Waals surface area contributed by atoms with E-state index in [0.717, 1.165) is 16.5 Å². The van der Waals surface area contributed by atoms with Crippen molar-refractivity contribution in [2.45, 2.75) is 32.2 Å². The maximum Gasteiger partial charge on any atom is 0.305 e. The van der Waals surface area contributed by atoms with Crippen molar-refractivity contribution in [3.05, 3.63) is 41.0 Å². The fourth-order valence-corrected chi connectivity index (χ4v) is 2.50. The lowest BCUT2D eigenvalue weighted by Crippen LogP contribution is -2.24. The molecule has 2 aromatic rings. The van der Waals surface area contributed by atoms with Gasteiger partial charge in [0.15, 0.2) is 0 Å². The Morgan fingerprint density at radius 2 is 2.24 bits per heavy atom. The number of nitrogens with zero attached hydrogens (tertiary/aromatic N) is 1. The third-order valence-electron chi connectivity index (χ3n) is 3.31. The van der Waals surface area contributed by atoms with E-state index in [9.17, 15) is 4.79 Å². The van der Waals surface area contributed by atoms with Gasteiger partial charge in [-0.1, -0.05) is 17.7 Å². The first-order chi connectivity index (χ1) is 10.1. The average Bonchev–Trinajstić information content (AvgIpc) is 2.49. The lowest BCUT2D eigenvalue weighted by atomic mass is 10.00. The molecule has 2 rings (SSSR count). The molecule has 1 unspecified atom stereocenters. The van der Waals surface area contributed by atoms with E-state index in [0.29, 0.717) is 30.9 Å². The number of benzene rings is 1. The Kier molecular flexibility index (Phi) is 5.53. The smallest absolute Gasteiger partial charge is 0.305 e. The molecule has 1 aromatic heterocycles. The largest absolute Gasteiger partial charge is 0.466 e. The van der Waals surface area contributed by atoms with Crippen LogP contribution in [-0.4, -0.2) is 23.6 Å². The highest BCUT2D eigenvalue weighted by Gasteiger charge is 2.12. The van der Waals surface area contributed by atoms with Crippen molar-refractivity contribution in [1.29, 1.82) is 0 Å². The number of aromatic nitrogens is 1. The number of fused-ring (bicyclic) bond motifs is 1. The van der Waals surface area contributed by atoms with E-state index in [1.807, 2.05) is 24.3 Å². The Hall–Kier alpha value is -1.65. The lowest BCUT2D eigenvalue weighted by Gasteiger charge is -2.13. The molecule has 1 heterocycles.